The first kappa shape index (κ1) is 26.6. The molecule has 0 heterocycles. The van der Waals surface area contributed by atoms with Crippen LogP contribution in [-0.4, -0.2) is 65.5 Å². The van der Waals surface area contributed by atoms with Crippen molar-refractivity contribution in [1.29, 1.82) is 0 Å². The van der Waals surface area contributed by atoms with Crippen LogP contribution in [0.25, 0.3) is 0 Å². The summed E-state index contributed by atoms with van der Waals surface area (Å²) in [5, 5.41) is 55.8. The monoisotopic (exact) mass is 318 g/mol. The van der Waals surface area contributed by atoms with Crippen molar-refractivity contribution >= 4 is 24.6 Å². The molecule has 0 aromatic heterocycles. The summed E-state index contributed by atoms with van der Waals surface area (Å²) in [5.74, 6) is 0. The molecule has 0 aromatic carbocycles. The van der Waals surface area contributed by atoms with E-state index in [1.165, 1.54) is 32.1 Å². The molecule has 1 aliphatic carbocycles. The Hall–Kier alpha value is -2.92. The molecule has 0 unspecified atom stereocenters. The van der Waals surface area contributed by atoms with Crippen LogP contribution < -0.4 is 0 Å². The minimum atomic E-state index is -1.83. The molecule has 1 aliphatic rings. The van der Waals surface area contributed by atoms with Crippen molar-refractivity contribution in [1.82, 2.24) is 0 Å². The second-order valence-corrected chi connectivity index (χ2v) is 2.90. The van der Waals surface area contributed by atoms with Gasteiger partial charge in [0.2, 0.25) is 0 Å². The first-order valence-corrected chi connectivity index (χ1v) is 5.11. The Morgan fingerprint density at radius 1 is 0.381 bits per heavy atom. The first-order chi connectivity index (χ1) is 9.43. The molecule has 126 valence electrons. The van der Waals surface area contributed by atoms with Crippen LogP contribution in [0, 0.1) is 0 Å². The average Bonchev–Trinajstić information content (AvgIpc) is 2.68. The van der Waals surface area contributed by atoms with Gasteiger partial charge in [0.15, 0.2) is 0 Å². The Morgan fingerprint density at radius 3 is 0.476 bits per heavy atom. The Labute approximate surface area is 118 Å². The maximum Gasteiger partial charge on any atom is 0.503 e. The third-order valence-electron chi connectivity index (χ3n) is 1.25. The van der Waals surface area contributed by atoms with Gasteiger partial charge in [-0.1, -0.05) is 32.1 Å². The molecule has 0 aliphatic heterocycles. The van der Waals surface area contributed by atoms with Gasteiger partial charge in [0, 0.05) is 0 Å². The summed E-state index contributed by atoms with van der Waals surface area (Å²) in [4.78, 5) is 34.2. The fourth-order valence-electron chi connectivity index (χ4n) is 0.884. The smallest absolute Gasteiger partial charge is 0.450 e. The van der Waals surface area contributed by atoms with Gasteiger partial charge in [0.05, 0.1) is 0 Å². The normalized spacial score (nSPS) is 10.3. The summed E-state index contributed by atoms with van der Waals surface area (Å²) in [6.45, 7) is 0. The van der Waals surface area contributed by atoms with Gasteiger partial charge in [0.1, 0.15) is 0 Å². The van der Waals surface area contributed by atoms with Crippen molar-refractivity contribution in [2.75, 3.05) is 0 Å². The fraction of sp³-hybridized carbons (Fsp3) is 0.556. The summed E-state index contributed by atoms with van der Waals surface area (Å²) < 4.78 is 0. The largest absolute Gasteiger partial charge is 0.503 e. The third-order valence-corrected chi connectivity index (χ3v) is 1.25. The van der Waals surface area contributed by atoms with E-state index in [0.717, 1.165) is 0 Å². The summed E-state index contributed by atoms with van der Waals surface area (Å²) in [5.41, 5.74) is 0. The molecule has 0 saturated heterocycles. The van der Waals surface area contributed by atoms with E-state index in [1.807, 2.05) is 0 Å². The number of hydrogen-bond donors (Lipinski definition) is 8. The molecule has 0 atom stereocenters. The molecule has 0 radical (unpaired) electrons. The molecule has 12 heteroatoms. The highest BCUT2D eigenvalue weighted by Crippen LogP contribution is 2.15. The number of rotatable bonds is 0. The highest BCUT2D eigenvalue weighted by molar-refractivity contribution is 5.54. The van der Waals surface area contributed by atoms with E-state index in [9.17, 15) is 0 Å². The van der Waals surface area contributed by atoms with Gasteiger partial charge in [-0.25, -0.2) is 19.2 Å². The van der Waals surface area contributed by atoms with E-state index >= 15 is 0 Å². The van der Waals surface area contributed by atoms with Crippen LogP contribution >= 0.6 is 0 Å². The van der Waals surface area contributed by atoms with Gasteiger partial charge in [0.25, 0.3) is 0 Å². The maximum atomic E-state index is 8.56. The van der Waals surface area contributed by atoms with Gasteiger partial charge in [-0.05, 0) is 0 Å². The molecule has 1 rings (SSSR count). The molecule has 0 spiro atoms. The molecule has 21 heavy (non-hydrogen) atoms. The Kier molecular flexibility index (Phi) is 28.2. The van der Waals surface area contributed by atoms with Crippen LogP contribution in [0.15, 0.2) is 0 Å². The van der Waals surface area contributed by atoms with Crippen molar-refractivity contribution in [2.24, 2.45) is 0 Å². The third kappa shape index (κ3) is 898. The van der Waals surface area contributed by atoms with Crippen LogP contribution in [0.5, 0.6) is 0 Å². The summed E-state index contributed by atoms with van der Waals surface area (Å²) in [6.07, 6.45) is 0.167. The summed E-state index contributed by atoms with van der Waals surface area (Å²) in [6, 6.07) is 0. The predicted molar refractivity (Wildman–Crippen MR) is 65.7 cm³/mol. The minimum absolute atomic E-state index is 1.50. The van der Waals surface area contributed by atoms with E-state index in [4.69, 9.17) is 60.0 Å². The zero-order chi connectivity index (χ0) is 17.8. The molecular formula is C9H18O12. The molecule has 0 amide bonds. The molecule has 12 nitrogen and oxygen atoms in total. The topological polar surface area (TPSA) is 230 Å². The van der Waals surface area contributed by atoms with Crippen LogP contribution in [0.2, 0.25) is 0 Å². The van der Waals surface area contributed by atoms with Gasteiger partial charge < -0.3 is 40.9 Å². The van der Waals surface area contributed by atoms with Crippen molar-refractivity contribution in [2.45, 2.75) is 32.1 Å². The lowest BCUT2D eigenvalue weighted by molar-refractivity contribution is 0.135. The molecule has 8 N–H and O–H groups in total. The average molecular weight is 318 g/mol. The summed E-state index contributed by atoms with van der Waals surface area (Å²) >= 11 is 0. The van der Waals surface area contributed by atoms with Gasteiger partial charge in [-0.15, -0.1) is 0 Å². The molecule has 1 fully saturated rings. The first-order valence-electron chi connectivity index (χ1n) is 5.11. The Morgan fingerprint density at radius 2 is 0.429 bits per heavy atom. The quantitative estimate of drug-likeness (QED) is 0.322. The van der Waals surface area contributed by atoms with Gasteiger partial charge in [-0.3, -0.25) is 0 Å². The maximum absolute atomic E-state index is 8.56. The van der Waals surface area contributed by atoms with E-state index in [1.54, 1.807) is 0 Å². The van der Waals surface area contributed by atoms with E-state index < -0.39 is 24.6 Å². The van der Waals surface area contributed by atoms with Gasteiger partial charge >= 0.3 is 24.6 Å². The standard InChI is InChI=1S/C5H10.4CH2O3/c1-2-4-5-3-1;4*2-1(3)4/h1-5H2;4*(H2,2,3,4). The van der Waals surface area contributed by atoms with Gasteiger partial charge in [-0.2, -0.15) is 0 Å². The second kappa shape index (κ2) is 22.3. The highest BCUT2D eigenvalue weighted by atomic mass is 16.6. The zero-order valence-electron chi connectivity index (χ0n) is 10.7. The number of hydrogen-bond acceptors (Lipinski definition) is 4. The molecule has 0 aromatic rings. The van der Waals surface area contributed by atoms with Crippen LogP contribution in [0.3, 0.4) is 0 Å². The molecule has 0 bridgehead atoms. The minimum Gasteiger partial charge on any atom is -0.450 e. The Balaban J connectivity index is -0.0000000866. The van der Waals surface area contributed by atoms with E-state index in [2.05, 4.69) is 0 Å². The van der Waals surface area contributed by atoms with Crippen molar-refractivity contribution in [3.8, 4) is 0 Å². The van der Waals surface area contributed by atoms with Crippen LogP contribution in [0.1, 0.15) is 32.1 Å². The van der Waals surface area contributed by atoms with Crippen LogP contribution in [-0.2, 0) is 0 Å². The molecular weight excluding hydrogens is 300 g/mol. The lowest BCUT2D eigenvalue weighted by Gasteiger charge is -1.67. The van der Waals surface area contributed by atoms with Crippen LogP contribution in [0.4, 0.5) is 19.2 Å². The summed E-state index contributed by atoms with van der Waals surface area (Å²) in [7, 11) is 0. The van der Waals surface area contributed by atoms with E-state index in [0.29, 0.717) is 0 Å². The Bertz CT molecular complexity index is 211. The zero-order valence-corrected chi connectivity index (χ0v) is 10.7. The lowest BCUT2D eigenvalue weighted by atomic mass is 10.4. The van der Waals surface area contributed by atoms with Crippen molar-refractivity contribution in [3.05, 3.63) is 0 Å². The fourth-order valence-corrected chi connectivity index (χ4v) is 0.884. The van der Waals surface area contributed by atoms with Crippen molar-refractivity contribution < 1.29 is 60.0 Å². The van der Waals surface area contributed by atoms with E-state index in [-0.39, 0.29) is 0 Å². The predicted octanol–water partition coefficient (Wildman–Crippen LogP) is 2.84. The lowest BCUT2D eigenvalue weighted by Crippen LogP contribution is -1.81. The van der Waals surface area contributed by atoms with Crippen molar-refractivity contribution in [3.63, 3.8) is 0 Å². The number of carboxylic acid groups (broad SMARTS) is 8. The molecule has 1 saturated carbocycles. The SMILES string of the molecule is C1CCCC1.O=C(O)O.O=C(O)O.O=C(O)O.O=C(O)O. The highest BCUT2D eigenvalue weighted by Gasteiger charge is 1.95. The number of carbonyl (C=O) groups is 4. The second-order valence-electron chi connectivity index (χ2n) is 2.90.